The fraction of sp³-hybridized carbons (Fsp3) is 0.211. The Morgan fingerprint density at radius 2 is 1.65 bits per heavy atom. The minimum absolute atomic E-state index is 0.187. The van der Waals surface area contributed by atoms with Crippen molar-refractivity contribution in [2.24, 2.45) is 0 Å². The Balaban J connectivity index is 1.87. The second kappa shape index (κ2) is 10.2. The predicted octanol–water partition coefficient (Wildman–Crippen LogP) is 4.37. The van der Waals surface area contributed by atoms with E-state index in [4.69, 9.17) is 17.0 Å². The summed E-state index contributed by atoms with van der Waals surface area (Å²) in [6.45, 7) is 2.46. The van der Waals surface area contributed by atoms with E-state index in [0.717, 1.165) is 16.4 Å². The molecule has 2 aromatic rings. The number of thiocarbonyl (C=S) groups is 1. The molecule has 0 heterocycles. The molecule has 136 valence electrons. The first-order valence-electron chi connectivity index (χ1n) is 8.14. The van der Waals surface area contributed by atoms with E-state index in [2.05, 4.69) is 33.2 Å². The summed E-state index contributed by atoms with van der Waals surface area (Å²) in [6, 6.07) is 13.9. The van der Waals surface area contributed by atoms with E-state index < -0.39 is 0 Å². The molecule has 5 nitrogen and oxygen atoms in total. The smallest absolute Gasteiger partial charge is 0.338 e. The molecule has 0 spiro atoms. The third kappa shape index (κ3) is 6.38. The standard InChI is InChI=1S/C19H19IN2O3S/c1-2-3-12-25-18(24)14-6-10-16(11-7-14)21-19(26)22-17(23)13-4-8-15(20)9-5-13/h4-11H,2-3,12H2,1H3,(H2,21,22,23,26). The molecule has 0 unspecified atom stereocenters. The van der Waals surface area contributed by atoms with Crippen molar-refractivity contribution in [3.8, 4) is 0 Å². The van der Waals surface area contributed by atoms with Crippen LogP contribution in [0.25, 0.3) is 0 Å². The summed E-state index contributed by atoms with van der Waals surface area (Å²) >= 11 is 7.33. The summed E-state index contributed by atoms with van der Waals surface area (Å²) in [7, 11) is 0. The van der Waals surface area contributed by atoms with Crippen LogP contribution in [0.4, 0.5) is 5.69 Å². The first kappa shape index (κ1) is 20.3. The highest BCUT2D eigenvalue weighted by Gasteiger charge is 2.09. The normalized spacial score (nSPS) is 10.1. The van der Waals surface area contributed by atoms with Gasteiger partial charge in [0.05, 0.1) is 12.2 Å². The Bertz CT molecular complexity index is 776. The highest BCUT2D eigenvalue weighted by Crippen LogP contribution is 2.11. The minimum atomic E-state index is -0.348. The van der Waals surface area contributed by atoms with Gasteiger partial charge in [-0.3, -0.25) is 10.1 Å². The van der Waals surface area contributed by atoms with Gasteiger partial charge in [0.1, 0.15) is 0 Å². The molecule has 0 aliphatic heterocycles. The van der Waals surface area contributed by atoms with Gasteiger partial charge in [0, 0.05) is 14.8 Å². The monoisotopic (exact) mass is 482 g/mol. The summed E-state index contributed by atoms with van der Waals surface area (Å²) in [5.41, 5.74) is 1.67. The van der Waals surface area contributed by atoms with Gasteiger partial charge >= 0.3 is 5.97 Å². The van der Waals surface area contributed by atoms with E-state index >= 15 is 0 Å². The lowest BCUT2D eigenvalue weighted by Gasteiger charge is -2.10. The minimum Gasteiger partial charge on any atom is -0.462 e. The van der Waals surface area contributed by atoms with Gasteiger partial charge in [0.25, 0.3) is 5.91 Å². The molecule has 7 heteroatoms. The van der Waals surface area contributed by atoms with E-state index in [0.29, 0.717) is 23.4 Å². The first-order valence-corrected chi connectivity index (χ1v) is 9.63. The van der Waals surface area contributed by atoms with Crippen molar-refractivity contribution < 1.29 is 14.3 Å². The van der Waals surface area contributed by atoms with Gasteiger partial charge < -0.3 is 10.1 Å². The Morgan fingerprint density at radius 3 is 2.27 bits per heavy atom. The Hall–Kier alpha value is -2.00. The van der Waals surface area contributed by atoms with Crippen LogP contribution in [-0.4, -0.2) is 23.6 Å². The van der Waals surface area contributed by atoms with Crippen molar-refractivity contribution in [3.05, 3.63) is 63.2 Å². The van der Waals surface area contributed by atoms with E-state index in [-0.39, 0.29) is 17.0 Å². The highest BCUT2D eigenvalue weighted by molar-refractivity contribution is 14.1. The molecular weight excluding hydrogens is 463 g/mol. The number of unbranched alkanes of at least 4 members (excludes halogenated alkanes) is 1. The lowest BCUT2D eigenvalue weighted by atomic mass is 10.2. The average Bonchev–Trinajstić information content (AvgIpc) is 2.62. The van der Waals surface area contributed by atoms with Crippen molar-refractivity contribution in [2.75, 3.05) is 11.9 Å². The maximum Gasteiger partial charge on any atom is 0.338 e. The zero-order chi connectivity index (χ0) is 18.9. The summed E-state index contributed by atoms with van der Waals surface area (Å²) in [5.74, 6) is -0.630. The molecule has 0 saturated heterocycles. The molecule has 0 aromatic heterocycles. The number of amides is 1. The number of rotatable bonds is 6. The van der Waals surface area contributed by atoms with E-state index in [9.17, 15) is 9.59 Å². The molecule has 0 bridgehead atoms. The van der Waals surface area contributed by atoms with E-state index in [1.54, 1.807) is 36.4 Å². The molecule has 2 aromatic carbocycles. The van der Waals surface area contributed by atoms with Gasteiger partial charge in [0.2, 0.25) is 0 Å². The SMILES string of the molecule is CCCCOC(=O)c1ccc(NC(=S)NC(=O)c2ccc(I)cc2)cc1. The molecule has 0 fully saturated rings. The van der Waals surface area contributed by atoms with Crippen LogP contribution < -0.4 is 10.6 Å². The predicted molar refractivity (Wildman–Crippen MR) is 114 cm³/mol. The summed E-state index contributed by atoms with van der Waals surface area (Å²) in [5, 5.41) is 5.73. The molecule has 2 rings (SSSR count). The van der Waals surface area contributed by atoms with Crippen LogP contribution in [0.2, 0.25) is 0 Å². The van der Waals surface area contributed by atoms with Crippen LogP contribution in [-0.2, 0) is 4.74 Å². The third-order valence-corrected chi connectivity index (χ3v) is 4.37. The third-order valence-electron chi connectivity index (χ3n) is 3.44. The molecule has 0 atom stereocenters. The van der Waals surface area contributed by atoms with Crippen molar-refractivity contribution >= 4 is 57.5 Å². The number of hydrogen-bond donors (Lipinski definition) is 2. The fourth-order valence-electron chi connectivity index (χ4n) is 2.02. The van der Waals surface area contributed by atoms with E-state index in [1.165, 1.54) is 0 Å². The lowest BCUT2D eigenvalue weighted by molar-refractivity contribution is 0.0499. The van der Waals surface area contributed by atoms with Gasteiger partial charge in [-0.05, 0) is 89.8 Å². The Morgan fingerprint density at radius 1 is 1.04 bits per heavy atom. The Labute approximate surface area is 171 Å². The summed E-state index contributed by atoms with van der Waals surface area (Å²) in [6.07, 6.45) is 1.82. The number of benzene rings is 2. The molecule has 2 N–H and O–H groups in total. The van der Waals surface area contributed by atoms with Crippen LogP contribution in [0.3, 0.4) is 0 Å². The van der Waals surface area contributed by atoms with Crippen LogP contribution in [0, 0.1) is 3.57 Å². The topological polar surface area (TPSA) is 67.4 Å². The van der Waals surface area contributed by atoms with Crippen molar-refractivity contribution in [2.45, 2.75) is 19.8 Å². The molecule has 1 amide bonds. The molecule has 0 radical (unpaired) electrons. The van der Waals surface area contributed by atoms with Crippen molar-refractivity contribution in [3.63, 3.8) is 0 Å². The molecule has 0 saturated carbocycles. The number of carbonyl (C=O) groups excluding carboxylic acids is 2. The number of esters is 1. The average molecular weight is 482 g/mol. The number of hydrogen-bond acceptors (Lipinski definition) is 4. The number of ether oxygens (including phenoxy) is 1. The van der Waals surface area contributed by atoms with Crippen molar-refractivity contribution in [1.82, 2.24) is 5.32 Å². The fourth-order valence-corrected chi connectivity index (χ4v) is 2.59. The zero-order valence-electron chi connectivity index (χ0n) is 14.3. The van der Waals surface area contributed by atoms with E-state index in [1.807, 2.05) is 19.1 Å². The van der Waals surface area contributed by atoms with Crippen LogP contribution in [0.1, 0.15) is 40.5 Å². The zero-order valence-corrected chi connectivity index (χ0v) is 17.2. The number of halogens is 1. The van der Waals surface area contributed by atoms with Gasteiger partial charge in [-0.1, -0.05) is 13.3 Å². The maximum atomic E-state index is 12.1. The van der Waals surface area contributed by atoms with Gasteiger partial charge in [0.15, 0.2) is 5.11 Å². The summed E-state index contributed by atoms with van der Waals surface area (Å²) < 4.78 is 6.21. The highest BCUT2D eigenvalue weighted by atomic mass is 127. The molecule has 0 aliphatic rings. The second-order valence-corrected chi connectivity index (χ2v) is 7.14. The second-order valence-electron chi connectivity index (χ2n) is 5.48. The van der Waals surface area contributed by atoms with Crippen LogP contribution in [0.15, 0.2) is 48.5 Å². The largest absolute Gasteiger partial charge is 0.462 e. The first-order chi connectivity index (χ1) is 12.5. The Kier molecular flexibility index (Phi) is 7.99. The molecule has 26 heavy (non-hydrogen) atoms. The molecule has 0 aliphatic carbocycles. The number of anilines is 1. The van der Waals surface area contributed by atoms with Gasteiger partial charge in [-0.2, -0.15) is 0 Å². The van der Waals surface area contributed by atoms with Crippen molar-refractivity contribution in [1.29, 1.82) is 0 Å². The maximum absolute atomic E-state index is 12.1. The molecular formula is C19H19IN2O3S. The summed E-state index contributed by atoms with van der Waals surface area (Å²) in [4.78, 5) is 24.0. The quantitative estimate of drug-likeness (QED) is 0.277. The van der Waals surface area contributed by atoms with Crippen LogP contribution in [0.5, 0.6) is 0 Å². The van der Waals surface area contributed by atoms with Gasteiger partial charge in [-0.15, -0.1) is 0 Å². The number of carbonyl (C=O) groups is 2. The lowest BCUT2D eigenvalue weighted by Crippen LogP contribution is -2.34. The van der Waals surface area contributed by atoms with Crippen LogP contribution >= 0.6 is 34.8 Å². The number of nitrogens with one attached hydrogen (secondary N) is 2. The van der Waals surface area contributed by atoms with Gasteiger partial charge in [-0.25, -0.2) is 4.79 Å².